The lowest BCUT2D eigenvalue weighted by Crippen LogP contribution is -2.08. The molecule has 1 heterocycles. The molecule has 0 aliphatic rings. The Hall–Kier alpha value is -2.50. The molecule has 1 aromatic carbocycles. The summed E-state index contributed by atoms with van der Waals surface area (Å²) in [7, 11) is 2.69. The molecule has 1 N–H and O–H groups in total. The topological polar surface area (TPSA) is 86.0 Å². The monoisotopic (exact) mass is 264 g/mol. The zero-order chi connectivity index (χ0) is 14.0. The minimum atomic E-state index is -0.712. The molecule has 0 atom stereocenters. The maximum absolute atomic E-state index is 11.8. The fourth-order valence-electron chi connectivity index (χ4n) is 1.75. The van der Waals surface area contributed by atoms with Gasteiger partial charge in [0.15, 0.2) is 0 Å². The van der Waals surface area contributed by atoms with Crippen LogP contribution in [0.2, 0.25) is 0 Å². The summed E-state index contributed by atoms with van der Waals surface area (Å²) in [6.07, 6.45) is -0.153. The minimum absolute atomic E-state index is 0.0504. The van der Waals surface area contributed by atoms with E-state index < -0.39 is 11.6 Å². The number of ether oxygens (including phenoxy) is 2. The number of hydrogen-bond acceptors (Lipinski definition) is 6. The number of hydrogen-bond donors (Lipinski definition) is 1. The Balaban J connectivity index is 2.61. The van der Waals surface area contributed by atoms with Crippen molar-refractivity contribution in [3.63, 3.8) is 0 Å². The number of carbonyl (C=O) groups is 1. The van der Waals surface area contributed by atoms with E-state index in [0.717, 1.165) is 0 Å². The average molecular weight is 264 g/mol. The van der Waals surface area contributed by atoms with Gasteiger partial charge in [-0.25, -0.2) is 4.79 Å². The third kappa shape index (κ3) is 2.52. The Kier molecular flexibility index (Phi) is 3.41. The first kappa shape index (κ1) is 12.9. The summed E-state index contributed by atoms with van der Waals surface area (Å²) in [5.41, 5.74) is -0.712. The van der Waals surface area contributed by atoms with Gasteiger partial charge in [-0.2, -0.15) is 0 Å². The van der Waals surface area contributed by atoms with Crippen molar-refractivity contribution in [1.82, 2.24) is 0 Å². The van der Waals surface area contributed by atoms with Crippen LogP contribution in [-0.2, 0) is 16.0 Å². The van der Waals surface area contributed by atoms with Gasteiger partial charge in [-0.1, -0.05) is 0 Å². The zero-order valence-corrected chi connectivity index (χ0v) is 10.4. The summed E-state index contributed by atoms with van der Waals surface area (Å²) in [6, 6.07) is 4.39. The van der Waals surface area contributed by atoms with Gasteiger partial charge in [0.2, 0.25) is 0 Å². The molecule has 0 bridgehead atoms. The van der Waals surface area contributed by atoms with Crippen molar-refractivity contribution >= 4 is 16.7 Å². The Morgan fingerprint density at radius 2 is 2.05 bits per heavy atom. The summed E-state index contributed by atoms with van der Waals surface area (Å²) < 4.78 is 14.5. The summed E-state index contributed by atoms with van der Waals surface area (Å²) in [5.74, 6) is -0.182. The Bertz CT molecular complexity index is 685. The van der Waals surface area contributed by atoms with Gasteiger partial charge in [0.25, 0.3) is 0 Å². The van der Waals surface area contributed by atoms with E-state index in [-0.39, 0.29) is 23.3 Å². The lowest BCUT2D eigenvalue weighted by Gasteiger charge is -2.06. The quantitative estimate of drug-likeness (QED) is 0.839. The molecule has 2 aromatic rings. The number of methoxy groups -OCH3 is 2. The van der Waals surface area contributed by atoms with E-state index in [9.17, 15) is 14.7 Å². The molecule has 0 radical (unpaired) electrons. The first-order valence-electron chi connectivity index (χ1n) is 5.45. The van der Waals surface area contributed by atoms with Crippen LogP contribution in [-0.4, -0.2) is 25.3 Å². The van der Waals surface area contributed by atoms with Crippen LogP contribution in [0.1, 0.15) is 5.76 Å². The van der Waals surface area contributed by atoms with E-state index in [4.69, 9.17) is 9.15 Å². The van der Waals surface area contributed by atoms with E-state index in [0.29, 0.717) is 11.1 Å². The molecule has 0 saturated carbocycles. The average Bonchev–Trinajstić information content (AvgIpc) is 2.37. The lowest BCUT2D eigenvalue weighted by atomic mass is 10.1. The highest BCUT2D eigenvalue weighted by Gasteiger charge is 2.13. The number of carbonyl (C=O) groups excluding carboxylic acids is 1. The van der Waals surface area contributed by atoms with Crippen LogP contribution in [0.3, 0.4) is 0 Å². The van der Waals surface area contributed by atoms with E-state index in [1.54, 1.807) is 6.07 Å². The molecule has 6 nitrogen and oxygen atoms in total. The van der Waals surface area contributed by atoms with Gasteiger partial charge in [-0.05, 0) is 17.5 Å². The molecule has 0 saturated heterocycles. The van der Waals surface area contributed by atoms with Crippen LogP contribution in [0.25, 0.3) is 10.8 Å². The number of phenols is 1. The molecular formula is C13H12O6. The van der Waals surface area contributed by atoms with Crippen molar-refractivity contribution in [2.45, 2.75) is 6.42 Å². The third-order valence-corrected chi connectivity index (χ3v) is 2.65. The fraction of sp³-hybridized carbons (Fsp3) is 0.231. The van der Waals surface area contributed by atoms with Crippen molar-refractivity contribution in [2.24, 2.45) is 0 Å². The molecule has 2 rings (SSSR count). The van der Waals surface area contributed by atoms with Crippen molar-refractivity contribution in [3.8, 4) is 11.5 Å². The Labute approximate surface area is 108 Å². The summed E-state index contributed by atoms with van der Waals surface area (Å²) >= 11 is 0. The van der Waals surface area contributed by atoms with Gasteiger partial charge in [0.05, 0.1) is 14.2 Å². The largest absolute Gasteiger partial charge is 0.507 e. The second kappa shape index (κ2) is 5.01. The molecule has 0 aliphatic carbocycles. The molecule has 0 aliphatic heterocycles. The highest BCUT2D eigenvalue weighted by atomic mass is 16.5. The second-order valence-corrected chi connectivity index (χ2v) is 3.86. The number of fused-ring (bicyclic) bond motifs is 1. The SMILES string of the molecule is COC(=O)Cc1cc2cc(OC)cc(O)c2c(=O)o1. The van der Waals surface area contributed by atoms with Crippen LogP contribution in [0.15, 0.2) is 27.4 Å². The van der Waals surface area contributed by atoms with Crippen LogP contribution < -0.4 is 10.4 Å². The zero-order valence-electron chi connectivity index (χ0n) is 10.4. The predicted octanol–water partition coefficient (Wildman–Crippen LogP) is 1.22. The fourth-order valence-corrected chi connectivity index (χ4v) is 1.75. The molecular weight excluding hydrogens is 252 g/mol. The first-order valence-corrected chi connectivity index (χ1v) is 5.45. The van der Waals surface area contributed by atoms with Crippen molar-refractivity contribution in [2.75, 3.05) is 14.2 Å². The normalized spacial score (nSPS) is 10.4. The van der Waals surface area contributed by atoms with E-state index >= 15 is 0 Å². The van der Waals surface area contributed by atoms with Gasteiger partial charge < -0.3 is 19.0 Å². The van der Waals surface area contributed by atoms with Crippen molar-refractivity contribution < 1.29 is 23.8 Å². The van der Waals surface area contributed by atoms with Crippen LogP contribution in [0.4, 0.5) is 0 Å². The van der Waals surface area contributed by atoms with Gasteiger partial charge in [-0.15, -0.1) is 0 Å². The van der Waals surface area contributed by atoms with E-state index in [2.05, 4.69) is 4.74 Å². The van der Waals surface area contributed by atoms with Crippen LogP contribution in [0.5, 0.6) is 11.5 Å². The van der Waals surface area contributed by atoms with E-state index in [1.165, 1.54) is 26.4 Å². The molecule has 6 heteroatoms. The third-order valence-electron chi connectivity index (χ3n) is 2.65. The standard InChI is InChI=1S/C13H12O6/c1-17-8-3-7-4-9(6-11(15)18-2)19-13(16)12(7)10(14)5-8/h3-5,14H,6H2,1-2H3. The second-order valence-electron chi connectivity index (χ2n) is 3.86. The predicted molar refractivity (Wildman–Crippen MR) is 66.4 cm³/mol. The Morgan fingerprint density at radius 3 is 2.68 bits per heavy atom. The lowest BCUT2D eigenvalue weighted by molar-refractivity contribution is -0.140. The highest BCUT2D eigenvalue weighted by Crippen LogP contribution is 2.28. The maximum atomic E-state index is 11.8. The smallest absolute Gasteiger partial charge is 0.347 e. The minimum Gasteiger partial charge on any atom is -0.507 e. The van der Waals surface area contributed by atoms with Crippen molar-refractivity contribution in [1.29, 1.82) is 0 Å². The number of aromatic hydroxyl groups is 1. The number of rotatable bonds is 3. The summed E-state index contributed by atoms with van der Waals surface area (Å²) in [5, 5.41) is 10.2. The molecule has 0 spiro atoms. The summed E-state index contributed by atoms with van der Waals surface area (Å²) in [4.78, 5) is 22.9. The first-order chi connectivity index (χ1) is 9.05. The number of benzene rings is 1. The van der Waals surface area contributed by atoms with Gasteiger partial charge in [0, 0.05) is 6.07 Å². The molecule has 0 amide bonds. The van der Waals surface area contributed by atoms with Crippen LogP contribution >= 0.6 is 0 Å². The molecule has 19 heavy (non-hydrogen) atoms. The molecule has 100 valence electrons. The van der Waals surface area contributed by atoms with Gasteiger partial charge in [-0.3, -0.25) is 4.79 Å². The molecule has 0 unspecified atom stereocenters. The maximum Gasteiger partial charge on any atom is 0.347 e. The van der Waals surface area contributed by atoms with Crippen molar-refractivity contribution in [3.05, 3.63) is 34.4 Å². The highest BCUT2D eigenvalue weighted by molar-refractivity contribution is 5.89. The number of phenolic OH excluding ortho intramolecular Hbond substituents is 1. The molecule has 1 aromatic heterocycles. The summed E-state index contributed by atoms with van der Waals surface area (Å²) in [6.45, 7) is 0. The Morgan fingerprint density at radius 1 is 1.32 bits per heavy atom. The van der Waals surface area contributed by atoms with Gasteiger partial charge >= 0.3 is 11.6 Å². The van der Waals surface area contributed by atoms with Gasteiger partial charge in [0.1, 0.15) is 29.1 Å². The number of esters is 1. The van der Waals surface area contributed by atoms with Crippen LogP contribution in [0, 0.1) is 0 Å². The van der Waals surface area contributed by atoms with E-state index in [1.807, 2.05) is 0 Å². The molecule has 0 fully saturated rings.